The Bertz CT molecular complexity index is 1940. The molecule has 8 rings (SSSR count). The van der Waals surface area contributed by atoms with E-state index in [-0.39, 0.29) is 12.6 Å². The lowest BCUT2D eigenvalue weighted by molar-refractivity contribution is 0.232. The maximum atomic E-state index is 10.1. The van der Waals surface area contributed by atoms with Gasteiger partial charge in [-0.2, -0.15) is 10.4 Å². The number of nitrogens with zero attached hydrogens (tertiary/aromatic N) is 10. The Morgan fingerprint density at radius 3 is 2.84 bits per heavy atom. The van der Waals surface area contributed by atoms with Gasteiger partial charge in [0.15, 0.2) is 28.7 Å². The summed E-state index contributed by atoms with van der Waals surface area (Å²) in [6.45, 7) is 3.01. The molecule has 1 fully saturated rings. The van der Waals surface area contributed by atoms with E-state index in [1.165, 1.54) is 16.2 Å². The minimum Gasteiger partial charge on any atom is -0.390 e. The van der Waals surface area contributed by atoms with Crippen LogP contribution in [0.4, 0.5) is 5.00 Å². The average molecular weight is 612 g/mol. The Balaban J connectivity index is 1.31. The van der Waals surface area contributed by atoms with E-state index in [1.807, 2.05) is 4.68 Å². The molecule has 2 aliphatic carbocycles. The lowest BCUT2D eigenvalue weighted by atomic mass is 9.63. The Labute approximate surface area is 257 Å². The second kappa shape index (κ2) is 10.2. The first kappa shape index (κ1) is 27.4. The highest BCUT2D eigenvalue weighted by Crippen LogP contribution is 2.55. The van der Waals surface area contributed by atoms with Crippen LogP contribution in [0.1, 0.15) is 84.5 Å². The standard InChI is InChI=1S/C30H33N11O2S/c1-16(21-7-5-11-39(21)2)41-29-20(13-33-41)28(40-14-17(15-42)36-38-40)34-27(35-29)24-18-6-3-9-30(25(18)43-37-24)10-4-8-22-23(30)19(12-31)26(32)44-22/h13-14,16,21,42H,3-11,15,32H2,1-2H3/t16-,21-,30-/m0/s1. The van der Waals surface area contributed by atoms with Crippen molar-refractivity contribution in [1.29, 1.82) is 5.26 Å². The highest BCUT2D eigenvalue weighted by molar-refractivity contribution is 7.16. The summed E-state index contributed by atoms with van der Waals surface area (Å²) in [4.78, 5) is 13.6. The number of hydrogen-bond acceptors (Lipinski definition) is 12. The Morgan fingerprint density at radius 2 is 2.09 bits per heavy atom. The SMILES string of the molecule is C[C@@H]([C@@H]1CCCN1C)n1ncc2c(-n3cc(CO)nn3)nc(-c3noc4c3CCC[C@@]43CCCc4sc(N)c(C#N)c43)nc21. The number of likely N-dealkylation sites (tertiary alicyclic amines) is 1. The molecule has 44 heavy (non-hydrogen) atoms. The highest BCUT2D eigenvalue weighted by atomic mass is 32.1. The molecule has 1 aliphatic heterocycles. The molecule has 3 aliphatic rings. The topological polar surface area (TPSA) is 174 Å². The lowest BCUT2D eigenvalue weighted by Crippen LogP contribution is -2.35. The Morgan fingerprint density at radius 1 is 1.25 bits per heavy atom. The highest BCUT2D eigenvalue weighted by Gasteiger charge is 2.49. The molecule has 5 aromatic heterocycles. The van der Waals surface area contributed by atoms with Crippen molar-refractivity contribution >= 4 is 27.4 Å². The normalized spacial score (nSPS) is 22.4. The zero-order valence-corrected chi connectivity index (χ0v) is 25.5. The van der Waals surface area contributed by atoms with E-state index in [2.05, 4.69) is 40.4 Å². The number of rotatable bonds is 5. The Kier molecular flexibility index (Phi) is 6.33. The number of thiophene rings is 1. The van der Waals surface area contributed by atoms with Gasteiger partial charge in [-0.1, -0.05) is 10.4 Å². The first-order valence-corrected chi connectivity index (χ1v) is 16.0. The van der Waals surface area contributed by atoms with Crippen LogP contribution in [-0.2, 0) is 24.9 Å². The van der Waals surface area contributed by atoms with Gasteiger partial charge in [-0.25, -0.2) is 19.3 Å². The molecule has 0 radical (unpaired) electrons. The van der Waals surface area contributed by atoms with Crippen molar-refractivity contribution < 1.29 is 9.63 Å². The number of anilines is 1. The predicted octanol–water partition coefficient (Wildman–Crippen LogP) is 3.68. The van der Waals surface area contributed by atoms with Gasteiger partial charge in [-0.3, -0.25) is 0 Å². The van der Waals surface area contributed by atoms with Crippen molar-refractivity contribution in [2.75, 3.05) is 19.3 Å². The molecular weight excluding hydrogens is 578 g/mol. The molecule has 0 saturated carbocycles. The van der Waals surface area contributed by atoms with Gasteiger partial charge >= 0.3 is 0 Å². The first-order chi connectivity index (χ1) is 21.4. The number of hydrogen-bond donors (Lipinski definition) is 2. The minimum atomic E-state index is -0.441. The summed E-state index contributed by atoms with van der Waals surface area (Å²) in [5.41, 5.74) is 10.2. The van der Waals surface area contributed by atoms with Gasteiger partial charge in [0.25, 0.3) is 0 Å². The monoisotopic (exact) mass is 611 g/mol. The maximum Gasteiger partial charge on any atom is 0.186 e. The number of aryl methyl sites for hydroxylation is 1. The van der Waals surface area contributed by atoms with Gasteiger partial charge in [0.05, 0.1) is 41.4 Å². The summed E-state index contributed by atoms with van der Waals surface area (Å²) in [5.74, 6) is 1.73. The summed E-state index contributed by atoms with van der Waals surface area (Å²) in [6.07, 6.45) is 11.0. The van der Waals surface area contributed by atoms with Crippen LogP contribution < -0.4 is 5.73 Å². The van der Waals surface area contributed by atoms with Crippen LogP contribution in [-0.4, -0.2) is 69.5 Å². The van der Waals surface area contributed by atoms with Crippen molar-refractivity contribution in [1.82, 2.24) is 44.8 Å². The summed E-state index contributed by atoms with van der Waals surface area (Å²) in [6, 6.07) is 2.79. The van der Waals surface area contributed by atoms with Gasteiger partial charge in [-0.05, 0) is 77.4 Å². The zero-order chi connectivity index (χ0) is 30.2. The second-order valence-corrected chi connectivity index (χ2v) is 13.5. The largest absolute Gasteiger partial charge is 0.390 e. The summed E-state index contributed by atoms with van der Waals surface area (Å²) in [5, 5.41) is 38.9. The van der Waals surface area contributed by atoms with Gasteiger partial charge in [0.1, 0.15) is 16.8 Å². The number of nitrogens with two attached hydrogens (primary N) is 1. The van der Waals surface area contributed by atoms with E-state index in [0.29, 0.717) is 45.3 Å². The molecule has 0 bridgehead atoms. The second-order valence-electron chi connectivity index (χ2n) is 12.3. The fourth-order valence-electron chi connectivity index (χ4n) is 7.89. The number of aliphatic hydroxyl groups excluding tert-OH is 1. The molecule has 1 spiro atoms. The van der Waals surface area contributed by atoms with E-state index >= 15 is 0 Å². The molecule has 14 heteroatoms. The predicted molar refractivity (Wildman–Crippen MR) is 162 cm³/mol. The van der Waals surface area contributed by atoms with Gasteiger partial charge in [0.2, 0.25) is 0 Å². The first-order valence-electron chi connectivity index (χ1n) is 15.2. The van der Waals surface area contributed by atoms with E-state index in [4.69, 9.17) is 25.3 Å². The number of fused-ring (bicyclic) bond motifs is 5. The van der Waals surface area contributed by atoms with Crippen LogP contribution in [0.2, 0.25) is 0 Å². The third-order valence-corrected chi connectivity index (χ3v) is 11.0. The number of nitriles is 1. The van der Waals surface area contributed by atoms with Crippen LogP contribution in [0.15, 0.2) is 16.9 Å². The van der Waals surface area contributed by atoms with Gasteiger partial charge in [0, 0.05) is 16.5 Å². The van der Waals surface area contributed by atoms with E-state index < -0.39 is 5.41 Å². The van der Waals surface area contributed by atoms with E-state index in [1.54, 1.807) is 17.1 Å². The van der Waals surface area contributed by atoms with Crippen LogP contribution in [0.25, 0.3) is 28.4 Å². The van der Waals surface area contributed by atoms with Crippen molar-refractivity contribution in [3.63, 3.8) is 0 Å². The molecule has 3 N–H and O–H groups in total. The van der Waals surface area contributed by atoms with Gasteiger partial charge in [-0.15, -0.1) is 16.4 Å². The third kappa shape index (κ3) is 3.89. The summed E-state index contributed by atoms with van der Waals surface area (Å²) < 4.78 is 9.80. The number of aliphatic hydroxyl groups is 1. The fraction of sp³-hybridized carbons (Fsp3) is 0.500. The van der Waals surface area contributed by atoms with Crippen LogP contribution >= 0.6 is 11.3 Å². The molecule has 226 valence electrons. The number of aromatic nitrogens is 8. The molecule has 0 amide bonds. The molecule has 0 aromatic carbocycles. The van der Waals surface area contributed by atoms with Crippen molar-refractivity contribution in [3.05, 3.63) is 45.4 Å². The molecule has 5 aromatic rings. The minimum absolute atomic E-state index is 0.0722. The van der Waals surface area contributed by atoms with Crippen LogP contribution in [0.3, 0.4) is 0 Å². The number of nitrogen functional groups attached to an aromatic ring is 1. The fourth-order valence-corrected chi connectivity index (χ4v) is 9.05. The molecule has 3 atom stereocenters. The molecule has 13 nitrogen and oxygen atoms in total. The summed E-state index contributed by atoms with van der Waals surface area (Å²) >= 11 is 1.53. The third-order valence-electron chi connectivity index (χ3n) is 9.94. The van der Waals surface area contributed by atoms with Crippen molar-refractivity contribution in [2.24, 2.45) is 0 Å². The quantitative estimate of drug-likeness (QED) is 0.297. The van der Waals surface area contributed by atoms with Crippen molar-refractivity contribution in [2.45, 2.75) is 82.4 Å². The zero-order valence-electron chi connectivity index (χ0n) is 24.7. The number of likely N-dealkylation sites (N-methyl/N-ethyl adjacent to an activating group) is 1. The van der Waals surface area contributed by atoms with Gasteiger partial charge < -0.3 is 20.3 Å². The van der Waals surface area contributed by atoms with Crippen molar-refractivity contribution in [3.8, 4) is 23.4 Å². The summed E-state index contributed by atoms with van der Waals surface area (Å²) in [7, 11) is 2.16. The Hall–Kier alpha value is -4.19. The van der Waals surface area contributed by atoms with E-state index in [9.17, 15) is 10.4 Å². The molecular formula is C30H33N11O2S. The van der Waals surface area contributed by atoms with E-state index in [0.717, 1.165) is 80.2 Å². The molecule has 6 heterocycles. The van der Waals surface area contributed by atoms with Crippen LogP contribution in [0, 0.1) is 11.3 Å². The molecule has 0 unspecified atom stereocenters. The lowest BCUT2D eigenvalue weighted by Gasteiger charge is -2.39. The smallest absolute Gasteiger partial charge is 0.186 e. The molecule has 1 saturated heterocycles. The maximum absolute atomic E-state index is 10.1. The van der Waals surface area contributed by atoms with Crippen LogP contribution in [0.5, 0.6) is 0 Å². The average Bonchev–Trinajstić information content (AvgIpc) is 3.86.